The highest BCUT2D eigenvalue weighted by Crippen LogP contribution is 2.32. The molecule has 1 aromatic carbocycles. The molecule has 0 saturated carbocycles. The fourth-order valence-electron chi connectivity index (χ4n) is 2.83. The van der Waals surface area contributed by atoms with Crippen LogP contribution in [0.2, 0.25) is 0 Å². The first kappa shape index (κ1) is 21.5. The number of hydrogen-bond acceptors (Lipinski definition) is 2. The van der Waals surface area contributed by atoms with Gasteiger partial charge in [-0.1, -0.05) is 20.3 Å². The van der Waals surface area contributed by atoms with Gasteiger partial charge in [0.1, 0.15) is 0 Å². The number of nitrogens with one attached hydrogen (secondary N) is 1. The lowest BCUT2D eigenvalue weighted by atomic mass is 9.90. The Morgan fingerprint density at radius 2 is 1.59 bits per heavy atom. The molecule has 1 heterocycles. The summed E-state index contributed by atoms with van der Waals surface area (Å²) in [6.07, 6.45) is 0.898. The molecule has 1 fully saturated rings. The van der Waals surface area contributed by atoms with Gasteiger partial charge >= 0.3 is 0 Å². The van der Waals surface area contributed by atoms with Crippen LogP contribution in [0, 0.1) is 23.4 Å². The van der Waals surface area contributed by atoms with Crippen molar-refractivity contribution in [3.8, 4) is 0 Å². The maximum atomic E-state index is 13.5. The van der Waals surface area contributed by atoms with E-state index in [0.717, 1.165) is 44.7 Å². The van der Waals surface area contributed by atoms with Gasteiger partial charge in [-0.25, -0.2) is 13.2 Å². The summed E-state index contributed by atoms with van der Waals surface area (Å²) >= 11 is 0. The lowest BCUT2D eigenvalue weighted by molar-refractivity contribution is 0.128. The second-order valence-electron chi connectivity index (χ2n) is 5.41. The third-order valence-corrected chi connectivity index (χ3v) is 4.08. The summed E-state index contributed by atoms with van der Waals surface area (Å²) in [6.45, 7) is 7.49. The summed E-state index contributed by atoms with van der Waals surface area (Å²) in [5.74, 6) is -3.36. The molecule has 2 nitrogen and oxygen atoms in total. The van der Waals surface area contributed by atoms with Crippen LogP contribution in [0.4, 0.5) is 13.2 Å². The van der Waals surface area contributed by atoms with Crippen molar-refractivity contribution < 1.29 is 13.2 Å². The van der Waals surface area contributed by atoms with Gasteiger partial charge in [0.15, 0.2) is 17.5 Å². The normalized spacial score (nSPS) is 18.0. The molecule has 1 N–H and O–H groups in total. The van der Waals surface area contributed by atoms with Crippen molar-refractivity contribution in [3.63, 3.8) is 0 Å². The van der Waals surface area contributed by atoms with Crippen LogP contribution in [-0.4, -0.2) is 31.1 Å². The third-order valence-electron chi connectivity index (χ3n) is 4.08. The summed E-state index contributed by atoms with van der Waals surface area (Å²) in [5, 5.41) is 3.26. The van der Waals surface area contributed by atoms with Crippen molar-refractivity contribution in [2.24, 2.45) is 5.92 Å². The molecule has 128 valence electrons. The van der Waals surface area contributed by atoms with Crippen LogP contribution in [0.25, 0.3) is 0 Å². The quantitative estimate of drug-likeness (QED) is 0.820. The molecule has 0 amide bonds. The van der Waals surface area contributed by atoms with Crippen LogP contribution >= 0.6 is 24.8 Å². The smallest absolute Gasteiger partial charge is 0.194 e. The Balaban J connectivity index is 0.00000220. The first-order valence-corrected chi connectivity index (χ1v) is 7.13. The number of benzene rings is 1. The number of rotatable bonds is 4. The van der Waals surface area contributed by atoms with Gasteiger partial charge in [0.05, 0.1) is 0 Å². The van der Waals surface area contributed by atoms with E-state index in [0.29, 0.717) is 5.56 Å². The lowest BCUT2D eigenvalue weighted by Gasteiger charge is -2.38. The van der Waals surface area contributed by atoms with Gasteiger partial charge in [-0.05, 0) is 23.6 Å². The zero-order valence-electron chi connectivity index (χ0n) is 12.7. The topological polar surface area (TPSA) is 15.3 Å². The van der Waals surface area contributed by atoms with Crippen LogP contribution in [0.5, 0.6) is 0 Å². The van der Waals surface area contributed by atoms with Crippen molar-refractivity contribution in [1.29, 1.82) is 0 Å². The Hall–Kier alpha value is -0.490. The average molecular weight is 359 g/mol. The molecule has 2 atom stereocenters. The summed E-state index contributed by atoms with van der Waals surface area (Å²) in [6, 6.07) is 2.20. The molecule has 0 spiro atoms. The molecule has 1 aromatic rings. The Kier molecular flexibility index (Phi) is 9.39. The largest absolute Gasteiger partial charge is 0.314 e. The van der Waals surface area contributed by atoms with E-state index in [1.54, 1.807) is 0 Å². The maximum Gasteiger partial charge on any atom is 0.194 e. The summed E-state index contributed by atoms with van der Waals surface area (Å²) in [4.78, 5) is 2.22. The van der Waals surface area contributed by atoms with Gasteiger partial charge in [-0.3, -0.25) is 4.90 Å². The molecule has 0 aliphatic carbocycles. The van der Waals surface area contributed by atoms with Crippen LogP contribution in [0.3, 0.4) is 0 Å². The van der Waals surface area contributed by atoms with E-state index in [1.807, 2.05) is 0 Å². The maximum absolute atomic E-state index is 13.5. The molecule has 1 aliphatic rings. The fraction of sp³-hybridized carbons (Fsp3) is 0.600. The Labute approximate surface area is 142 Å². The molecule has 22 heavy (non-hydrogen) atoms. The predicted octanol–water partition coefficient (Wildman–Crippen LogP) is 3.94. The first-order chi connectivity index (χ1) is 9.54. The fourth-order valence-corrected chi connectivity index (χ4v) is 2.83. The molecule has 1 saturated heterocycles. The van der Waals surface area contributed by atoms with E-state index in [1.165, 1.54) is 0 Å². The van der Waals surface area contributed by atoms with E-state index in [2.05, 4.69) is 24.1 Å². The number of nitrogens with zero attached hydrogens (tertiary/aromatic N) is 1. The zero-order valence-corrected chi connectivity index (χ0v) is 14.4. The van der Waals surface area contributed by atoms with Crippen molar-refractivity contribution in [3.05, 3.63) is 35.1 Å². The predicted molar refractivity (Wildman–Crippen MR) is 87.5 cm³/mol. The highest BCUT2D eigenvalue weighted by atomic mass is 35.5. The molecular weight excluding hydrogens is 336 g/mol. The SMILES string of the molecule is CCC(C)[C@H](c1cc(F)c(F)c(F)c1)N1CCNCC1.Cl.Cl. The minimum Gasteiger partial charge on any atom is -0.314 e. The molecule has 7 heteroatoms. The van der Waals surface area contributed by atoms with Gasteiger partial charge in [0.2, 0.25) is 0 Å². The number of piperazine rings is 1. The van der Waals surface area contributed by atoms with Crippen LogP contribution in [0.1, 0.15) is 31.9 Å². The van der Waals surface area contributed by atoms with Crippen molar-refractivity contribution in [1.82, 2.24) is 10.2 Å². The minimum atomic E-state index is -1.39. The van der Waals surface area contributed by atoms with E-state index in [9.17, 15) is 13.2 Å². The molecule has 1 aliphatic heterocycles. The third kappa shape index (κ3) is 4.75. The standard InChI is InChI=1S/C15H21F3N2.2ClH/c1-3-10(2)15(20-6-4-19-5-7-20)11-8-12(16)14(18)13(17)9-11;;/h8-10,15,19H,3-7H2,1-2H3;2*1H/t10?,15-;;/m1../s1. The van der Waals surface area contributed by atoms with E-state index < -0.39 is 17.5 Å². The van der Waals surface area contributed by atoms with E-state index >= 15 is 0 Å². The average Bonchev–Trinajstić information content (AvgIpc) is 2.46. The summed E-state index contributed by atoms with van der Waals surface area (Å²) < 4.78 is 40.1. The van der Waals surface area contributed by atoms with Gasteiger partial charge in [0, 0.05) is 32.2 Å². The molecule has 0 radical (unpaired) electrons. The van der Waals surface area contributed by atoms with Gasteiger partial charge < -0.3 is 5.32 Å². The second-order valence-corrected chi connectivity index (χ2v) is 5.41. The molecule has 1 unspecified atom stereocenters. The monoisotopic (exact) mass is 358 g/mol. The van der Waals surface area contributed by atoms with Gasteiger partial charge in [0.25, 0.3) is 0 Å². The van der Waals surface area contributed by atoms with Crippen LogP contribution in [0.15, 0.2) is 12.1 Å². The zero-order chi connectivity index (χ0) is 14.7. The van der Waals surface area contributed by atoms with Crippen molar-refractivity contribution in [2.75, 3.05) is 26.2 Å². The Bertz CT molecular complexity index is 445. The molecular formula is C15H23Cl2F3N2. The molecule has 2 rings (SSSR count). The summed E-state index contributed by atoms with van der Waals surface area (Å²) in [5.41, 5.74) is 0.526. The van der Waals surface area contributed by atoms with Crippen molar-refractivity contribution in [2.45, 2.75) is 26.3 Å². The van der Waals surface area contributed by atoms with Crippen molar-refractivity contribution >= 4 is 24.8 Å². The highest BCUT2D eigenvalue weighted by molar-refractivity contribution is 5.85. The number of halogens is 5. The Morgan fingerprint density at radius 3 is 2.05 bits per heavy atom. The molecule has 0 aromatic heterocycles. The van der Waals surface area contributed by atoms with Gasteiger partial charge in [-0.2, -0.15) is 0 Å². The highest BCUT2D eigenvalue weighted by Gasteiger charge is 2.28. The lowest BCUT2D eigenvalue weighted by Crippen LogP contribution is -2.46. The van der Waals surface area contributed by atoms with Crippen LogP contribution in [-0.2, 0) is 0 Å². The van der Waals surface area contributed by atoms with E-state index in [-0.39, 0.29) is 36.8 Å². The van der Waals surface area contributed by atoms with E-state index in [4.69, 9.17) is 0 Å². The molecule has 0 bridgehead atoms. The second kappa shape index (κ2) is 9.60. The summed E-state index contributed by atoms with van der Waals surface area (Å²) in [7, 11) is 0. The first-order valence-electron chi connectivity index (χ1n) is 7.13. The Morgan fingerprint density at radius 1 is 1.09 bits per heavy atom. The van der Waals surface area contributed by atoms with Crippen LogP contribution < -0.4 is 5.32 Å². The minimum absolute atomic E-state index is 0. The number of hydrogen-bond donors (Lipinski definition) is 1. The van der Waals surface area contributed by atoms with Gasteiger partial charge in [-0.15, -0.1) is 24.8 Å².